The average molecular weight is 316 g/mol. The first kappa shape index (κ1) is 16.4. The van der Waals surface area contributed by atoms with Gasteiger partial charge in [-0.2, -0.15) is 0 Å². The summed E-state index contributed by atoms with van der Waals surface area (Å²) in [6, 6.07) is 8.24. The van der Waals surface area contributed by atoms with E-state index in [2.05, 4.69) is 22.4 Å². The van der Waals surface area contributed by atoms with Crippen LogP contribution in [0.4, 0.5) is 5.13 Å². The molecule has 1 heterocycles. The van der Waals surface area contributed by atoms with Crippen molar-refractivity contribution in [3.05, 3.63) is 46.9 Å². The molecule has 0 fully saturated rings. The summed E-state index contributed by atoms with van der Waals surface area (Å²) in [5.74, 6) is -0.143. The van der Waals surface area contributed by atoms with Crippen molar-refractivity contribution in [2.24, 2.45) is 0 Å². The first-order valence-electron chi connectivity index (χ1n) is 7.08. The van der Waals surface area contributed by atoms with Crippen LogP contribution >= 0.6 is 11.3 Å². The van der Waals surface area contributed by atoms with E-state index in [-0.39, 0.29) is 5.91 Å². The molecule has 4 nitrogen and oxygen atoms in total. The molecule has 5 heteroatoms. The van der Waals surface area contributed by atoms with Crippen molar-refractivity contribution in [1.82, 2.24) is 4.98 Å². The van der Waals surface area contributed by atoms with Crippen molar-refractivity contribution in [2.45, 2.75) is 20.3 Å². The van der Waals surface area contributed by atoms with Crippen LogP contribution in [0.1, 0.15) is 19.4 Å². The van der Waals surface area contributed by atoms with Crippen LogP contribution < -0.4 is 5.32 Å². The van der Waals surface area contributed by atoms with E-state index in [1.54, 1.807) is 13.2 Å². The molecule has 0 atom stereocenters. The van der Waals surface area contributed by atoms with Gasteiger partial charge in [-0.3, -0.25) is 10.1 Å². The van der Waals surface area contributed by atoms with Crippen LogP contribution in [0.3, 0.4) is 0 Å². The first-order valence-corrected chi connectivity index (χ1v) is 7.96. The highest BCUT2D eigenvalue weighted by Gasteiger charge is 2.06. The molecule has 0 unspecified atom stereocenters. The number of thiazole rings is 1. The summed E-state index contributed by atoms with van der Waals surface area (Å²) in [7, 11) is 1.70. The highest BCUT2D eigenvalue weighted by atomic mass is 32.1. The molecule has 1 N–H and O–H groups in total. The quantitative estimate of drug-likeness (QED) is 0.822. The third-order valence-electron chi connectivity index (χ3n) is 3.00. The number of carbonyl (C=O) groups excluding carboxylic acids is 1. The molecule has 22 heavy (non-hydrogen) atoms. The van der Waals surface area contributed by atoms with E-state index in [1.807, 2.05) is 31.4 Å². The van der Waals surface area contributed by atoms with Crippen molar-refractivity contribution in [3.63, 3.8) is 0 Å². The van der Waals surface area contributed by atoms with Crippen LogP contribution in [-0.2, 0) is 16.0 Å². The van der Waals surface area contributed by atoms with Crippen LogP contribution in [-0.4, -0.2) is 24.6 Å². The molecule has 116 valence electrons. The van der Waals surface area contributed by atoms with Crippen LogP contribution in [0.25, 0.3) is 11.3 Å². The molecule has 0 aliphatic carbocycles. The van der Waals surface area contributed by atoms with Crippen LogP contribution in [0.5, 0.6) is 0 Å². The molecule has 0 saturated heterocycles. The van der Waals surface area contributed by atoms with Gasteiger partial charge in [-0.25, -0.2) is 4.98 Å². The van der Waals surface area contributed by atoms with E-state index in [1.165, 1.54) is 16.9 Å². The second kappa shape index (κ2) is 7.87. The minimum Gasteiger partial charge on any atom is -0.384 e. The van der Waals surface area contributed by atoms with E-state index < -0.39 is 0 Å². The van der Waals surface area contributed by atoms with E-state index >= 15 is 0 Å². The smallest absolute Gasteiger partial charge is 0.250 e. The van der Waals surface area contributed by atoms with Crippen molar-refractivity contribution in [1.29, 1.82) is 0 Å². The Hall–Kier alpha value is -1.98. The predicted octanol–water partition coefficient (Wildman–Crippen LogP) is 3.90. The molecule has 2 rings (SSSR count). The molecule has 0 bridgehead atoms. The number of aromatic nitrogens is 1. The van der Waals surface area contributed by atoms with Crippen molar-refractivity contribution >= 4 is 22.4 Å². The Kier molecular flexibility index (Phi) is 5.86. The fraction of sp³-hybridized carbons (Fsp3) is 0.294. The maximum atomic E-state index is 11.7. The van der Waals surface area contributed by atoms with Gasteiger partial charge in [-0.05, 0) is 25.8 Å². The van der Waals surface area contributed by atoms with Gasteiger partial charge in [0.2, 0.25) is 5.91 Å². The molecular weight excluding hydrogens is 296 g/mol. The molecule has 0 aliphatic heterocycles. The van der Waals surface area contributed by atoms with Crippen molar-refractivity contribution < 1.29 is 9.53 Å². The zero-order valence-electron chi connectivity index (χ0n) is 13.1. The minimum atomic E-state index is -0.143. The lowest BCUT2D eigenvalue weighted by molar-refractivity contribution is -0.111. The lowest BCUT2D eigenvalue weighted by Crippen LogP contribution is -2.07. The first-order chi connectivity index (χ1) is 10.6. The number of amides is 1. The lowest BCUT2D eigenvalue weighted by atomic mass is 10.1. The fourth-order valence-electron chi connectivity index (χ4n) is 1.93. The molecule has 1 aromatic heterocycles. The number of nitrogens with one attached hydrogen (secondary N) is 1. The Balaban J connectivity index is 2.04. The molecule has 0 saturated carbocycles. The largest absolute Gasteiger partial charge is 0.384 e. The molecule has 2 aromatic rings. The molecule has 1 aromatic carbocycles. The summed E-state index contributed by atoms with van der Waals surface area (Å²) >= 11 is 1.43. The molecule has 0 aliphatic rings. The third kappa shape index (κ3) is 4.79. The van der Waals surface area contributed by atoms with E-state index in [0.717, 1.165) is 29.9 Å². The highest BCUT2D eigenvalue weighted by molar-refractivity contribution is 7.14. The zero-order valence-corrected chi connectivity index (χ0v) is 13.9. The van der Waals surface area contributed by atoms with E-state index in [9.17, 15) is 4.79 Å². The van der Waals surface area contributed by atoms with Gasteiger partial charge in [-0.1, -0.05) is 29.8 Å². The number of benzene rings is 1. The minimum absolute atomic E-state index is 0.143. The van der Waals surface area contributed by atoms with Gasteiger partial charge >= 0.3 is 0 Å². The lowest BCUT2D eigenvalue weighted by Gasteiger charge is -2.02. The maximum absolute atomic E-state index is 11.7. The Morgan fingerprint density at radius 2 is 2.05 bits per heavy atom. The second-order valence-corrected chi connectivity index (χ2v) is 6.05. The Morgan fingerprint density at radius 1 is 1.32 bits per heavy atom. The third-order valence-corrected chi connectivity index (χ3v) is 3.76. The molecular formula is C17H20N2O2S. The molecule has 0 spiro atoms. The topological polar surface area (TPSA) is 51.2 Å². The Labute approximate surface area is 134 Å². The van der Waals surface area contributed by atoms with Gasteiger partial charge in [0.1, 0.15) is 0 Å². The highest BCUT2D eigenvalue weighted by Crippen LogP contribution is 2.25. The number of allylic oxidation sites excluding steroid dienone is 1. The van der Waals surface area contributed by atoms with Gasteiger partial charge in [0.15, 0.2) is 5.13 Å². The fourth-order valence-corrected chi connectivity index (χ4v) is 2.65. The number of nitrogens with zero attached hydrogens (tertiary/aromatic N) is 1. The molecule has 0 radical (unpaired) electrons. The second-order valence-electron chi connectivity index (χ2n) is 5.19. The Morgan fingerprint density at radius 3 is 2.68 bits per heavy atom. The summed E-state index contributed by atoms with van der Waals surface area (Å²) in [5, 5.41) is 5.34. The summed E-state index contributed by atoms with van der Waals surface area (Å²) in [5.41, 5.74) is 4.11. The maximum Gasteiger partial charge on any atom is 0.250 e. The van der Waals surface area contributed by atoms with Crippen molar-refractivity contribution in [2.75, 3.05) is 19.0 Å². The Bertz CT molecular complexity index is 656. The standard InChI is InChI=1S/C17H20N2O2S/c1-12(2)10-16(20)19-17-18-15(11-22-17)14-6-4-13(5-7-14)8-9-21-3/h4-7,10-11H,8-9H2,1-3H3,(H,18,19,20). The van der Waals surface area contributed by atoms with Gasteiger partial charge in [0.25, 0.3) is 0 Å². The number of ether oxygens (including phenoxy) is 1. The van der Waals surface area contributed by atoms with E-state index in [0.29, 0.717) is 5.13 Å². The number of carbonyl (C=O) groups is 1. The number of hydrogen-bond acceptors (Lipinski definition) is 4. The average Bonchev–Trinajstić information content (AvgIpc) is 2.93. The van der Waals surface area contributed by atoms with Gasteiger partial charge in [0.05, 0.1) is 12.3 Å². The van der Waals surface area contributed by atoms with Gasteiger partial charge in [-0.15, -0.1) is 11.3 Å². The summed E-state index contributed by atoms with van der Waals surface area (Å²) in [6.07, 6.45) is 2.46. The predicted molar refractivity (Wildman–Crippen MR) is 91.2 cm³/mol. The summed E-state index contributed by atoms with van der Waals surface area (Å²) in [4.78, 5) is 16.1. The zero-order chi connectivity index (χ0) is 15.9. The van der Waals surface area contributed by atoms with Gasteiger partial charge < -0.3 is 4.74 Å². The van der Waals surface area contributed by atoms with Gasteiger partial charge in [0, 0.05) is 24.1 Å². The number of anilines is 1. The van der Waals surface area contributed by atoms with Crippen molar-refractivity contribution in [3.8, 4) is 11.3 Å². The van der Waals surface area contributed by atoms with Crippen LogP contribution in [0, 0.1) is 0 Å². The number of hydrogen-bond donors (Lipinski definition) is 1. The summed E-state index contributed by atoms with van der Waals surface area (Å²) in [6.45, 7) is 4.49. The molecule has 1 amide bonds. The van der Waals surface area contributed by atoms with Crippen LogP contribution in [0.2, 0.25) is 0 Å². The normalized spacial score (nSPS) is 10.3. The summed E-state index contributed by atoms with van der Waals surface area (Å²) < 4.78 is 5.07. The monoisotopic (exact) mass is 316 g/mol. The number of rotatable bonds is 6. The SMILES string of the molecule is COCCc1ccc(-c2csc(NC(=O)C=C(C)C)n2)cc1. The van der Waals surface area contributed by atoms with Crippen LogP contribution in [0.15, 0.2) is 41.3 Å². The number of methoxy groups -OCH3 is 1. The van der Waals surface area contributed by atoms with E-state index in [4.69, 9.17) is 4.74 Å².